The van der Waals surface area contributed by atoms with Gasteiger partial charge in [0.25, 0.3) is 0 Å². The van der Waals surface area contributed by atoms with Crippen LogP contribution in [-0.4, -0.2) is 16.6 Å². The summed E-state index contributed by atoms with van der Waals surface area (Å²) in [5.74, 6) is -2.41. The molecule has 0 saturated heterocycles. The average molecular weight is 374 g/mol. The Labute approximate surface area is 154 Å². The highest BCUT2D eigenvalue weighted by Gasteiger charge is 2.14. The summed E-state index contributed by atoms with van der Waals surface area (Å²) in [7, 11) is 0. The molecule has 0 amide bonds. The molecule has 0 aliphatic heterocycles. The molecule has 0 atom stereocenters. The zero-order valence-corrected chi connectivity index (χ0v) is 14.7. The molecule has 5 nitrogen and oxygen atoms in total. The summed E-state index contributed by atoms with van der Waals surface area (Å²) in [6.45, 7) is 4.04. The largest absolute Gasteiger partial charge is 0.492 e. The van der Waals surface area contributed by atoms with Crippen LogP contribution >= 0.6 is 0 Å². The number of hydrogen-bond acceptors (Lipinski definition) is 5. The van der Waals surface area contributed by atoms with E-state index in [1.807, 2.05) is 31.2 Å². The molecule has 3 rings (SSSR count). The van der Waals surface area contributed by atoms with Crippen LogP contribution in [0.3, 0.4) is 0 Å². The van der Waals surface area contributed by atoms with Crippen molar-refractivity contribution in [3.05, 3.63) is 65.7 Å². The second-order valence-corrected chi connectivity index (χ2v) is 5.59. The fourth-order valence-electron chi connectivity index (χ4n) is 2.45. The SMILES string of the molecule is CCOc1ccccc1Nc1cc(Nc2ccc(F)c(F)c2F)nc(C)n1. The molecule has 140 valence electrons. The van der Waals surface area contributed by atoms with E-state index < -0.39 is 17.5 Å². The van der Waals surface area contributed by atoms with Crippen molar-refractivity contribution in [2.24, 2.45) is 0 Å². The normalized spacial score (nSPS) is 10.6. The Hall–Kier alpha value is -3.29. The van der Waals surface area contributed by atoms with Crippen LogP contribution in [0.25, 0.3) is 0 Å². The standard InChI is InChI=1S/C19H17F3N4O/c1-3-27-15-7-5-4-6-13(15)25-16-10-17(24-11(2)23-16)26-14-9-8-12(20)18(21)19(14)22/h4-10H,3H2,1-2H3,(H2,23,24,25,26). The lowest BCUT2D eigenvalue weighted by Gasteiger charge is -2.13. The Kier molecular flexibility index (Phi) is 5.44. The van der Waals surface area contributed by atoms with Crippen molar-refractivity contribution in [1.82, 2.24) is 9.97 Å². The van der Waals surface area contributed by atoms with Gasteiger partial charge in [-0.1, -0.05) is 12.1 Å². The predicted molar refractivity (Wildman–Crippen MR) is 97.3 cm³/mol. The fraction of sp³-hybridized carbons (Fsp3) is 0.158. The first-order chi connectivity index (χ1) is 13.0. The van der Waals surface area contributed by atoms with E-state index >= 15 is 0 Å². The third-order valence-electron chi connectivity index (χ3n) is 3.59. The highest BCUT2D eigenvalue weighted by atomic mass is 19.2. The number of aromatic nitrogens is 2. The van der Waals surface area contributed by atoms with Crippen molar-refractivity contribution in [3.63, 3.8) is 0 Å². The van der Waals surface area contributed by atoms with Crippen molar-refractivity contribution in [2.45, 2.75) is 13.8 Å². The van der Waals surface area contributed by atoms with Gasteiger partial charge in [0.1, 0.15) is 23.2 Å². The minimum absolute atomic E-state index is 0.226. The second kappa shape index (κ2) is 7.94. The van der Waals surface area contributed by atoms with Crippen LogP contribution in [0.5, 0.6) is 5.75 Å². The number of rotatable bonds is 6. The third kappa shape index (κ3) is 4.28. The van der Waals surface area contributed by atoms with Crippen molar-refractivity contribution < 1.29 is 17.9 Å². The minimum Gasteiger partial charge on any atom is -0.492 e. The van der Waals surface area contributed by atoms with Crippen LogP contribution in [0, 0.1) is 24.4 Å². The Morgan fingerprint density at radius 3 is 2.26 bits per heavy atom. The van der Waals surface area contributed by atoms with Crippen molar-refractivity contribution in [3.8, 4) is 5.75 Å². The molecule has 0 radical (unpaired) electrons. The number of para-hydroxylation sites is 2. The van der Waals surface area contributed by atoms with Crippen LogP contribution in [-0.2, 0) is 0 Å². The van der Waals surface area contributed by atoms with Gasteiger partial charge in [-0.3, -0.25) is 0 Å². The van der Waals surface area contributed by atoms with Crippen LogP contribution in [0.2, 0.25) is 0 Å². The van der Waals surface area contributed by atoms with Gasteiger partial charge in [0.2, 0.25) is 0 Å². The quantitative estimate of drug-likeness (QED) is 0.589. The summed E-state index contributed by atoms with van der Waals surface area (Å²) < 4.78 is 45.9. The maximum absolute atomic E-state index is 13.9. The Morgan fingerprint density at radius 1 is 0.889 bits per heavy atom. The molecule has 0 bridgehead atoms. The molecule has 1 heterocycles. The summed E-state index contributed by atoms with van der Waals surface area (Å²) in [6, 6.07) is 10.8. The monoisotopic (exact) mass is 374 g/mol. The van der Waals surface area contributed by atoms with Crippen molar-refractivity contribution in [1.29, 1.82) is 0 Å². The first-order valence-electron chi connectivity index (χ1n) is 8.23. The third-order valence-corrected chi connectivity index (χ3v) is 3.59. The van der Waals surface area contributed by atoms with E-state index in [1.54, 1.807) is 6.92 Å². The molecule has 0 spiro atoms. The van der Waals surface area contributed by atoms with Crippen molar-refractivity contribution in [2.75, 3.05) is 17.2 Å². The Morgan fingerprint density at radius 2 is 1.56 bits per heavy atom. The Balaban J connectivity index is 1.88. The molecule has 0 unspecified atom stereocenters. The van der Waals surface area contributed by atoms with Gasteiger partial charge in [-0.05, 0) is 38.1 Å². The van der Waals surface area contributed by atoms with E-state index in [4.69, 9.17) is 4.74 Å². The lowest BCUT2D eigenvalue weighted by molar-refractivity contribution is 0.342. The fourth-order valence-corrected chi connectivity index (χ4v) is 2.45. The summed E-state index contributed by atoms with van der Waals surface area (Å²) in [5.41, 5.74) is 0.468. The number of ether oxygens (including phenoxy) is 1. The van der Waals surface area contributed by atoms with Gasteiger partial charge in [0.15, 0.2) is 17.5 Å². The lowest BCUT2D eigenvalue weighted by Crippen LogP contribution is -2.04. The van der Waals surface area contributed by atoms with E-state index in [0.717, 1.165) is 12.1 Å². The van der Waals surface area contributed by atoms with E-state index in [1.165, 1.54) is 6.07 Å². The first kappa shape index (κ1) is 18.5. The van der Waals surface area contributed by atoms with Gasteiger partial charge in [-0.2, -0.15) is 0 Å². The second-order valence-electron chi connectivity index (χ2n) is 5.59. The molecule has 0 aliphatic rings. The van der Waals surface area contributed by atoms with E-state index in [-0.39, 0.29) is 11.5 Å². The lowest BCUT2D eigenvalue weighted by atomic mass is 10.2. The molecule has 0 fully saturated rings. The molecule has 0 saturated carbocycles. The van der Waals surface area contributed by atoms with Gasteiger partial charge in [0, 0.05) is 6.07 Å². The number of aryl methyl sites for hydroxylation is 1. The molecule has 2 aromatic carbocycles. The highest BCUT2D eigenvalue weighted by Crippen LogP contribution is 2.28. The number of nitrogens with zero attached hydrogens (tertiary/aromatic N) is 2. The van der Waals surface area contributed by atoms with Gasteiger partial charge < -0.3 is 15.4 Å². The van der Waals surface area contributed by atoms with Crippen LogP contribution < -0.4 is 15.4 Å². The maximum atomic E-state index is 13.9. The van der Waals surface area contributed by atoms with Crippen LogP contribution in [0.15, 0.2) is 42.5 Å². The summed E-state index contributed by atoms with van der Waals surface area (Å²) in [5, 5.41) is 5.76. The van der Waals surface area contributed by atoms with E-state index in [2.05, 4.69) is 20.6 Å². The number of nitrogens with one attached hydrogen (secondary N) is 2. The molecule has 3 aromatic rings. The summed E-state index contributed by atoms with van der Waals surface area (Å²) in [4.78, 5) is 8.43. The first-order valence-corrected chi connectivity index (χ1v) is 8.23. The van der Waals surface area contributed by atoms with Gasteiger partial charge >= 0.3 is 0 Å². The summed E-state index contributed by atoms with van der Waals surface area (Å²) >= 11 is 0. The molecule has 1 aromatic heterocycles. The molecular formula is C19H17F3N4O. The van der Waals surface area contributed by atoms with E-state index in [9.17, 15) is 13.2 Å². The zero-order valence-electron chi connectivity index (χ0n) is 14.7. The number of anilines is 4. The predicted octanol–water partition coefficient (Wildman–Crippen LogP) is 5.09. The molecular weight excluding hydrogens is 357 g/mol. The highest BCUT2D eigenvalue weighted by molar-refractivity contribution is 5.67. The van der Waals surface area contributed by atoms with Crippen LogP contribution in [0.1, 0.15) is 12.7 Å². The summed E-state index contributed by atoms with van der Waals surface area (Å²) in [6.07, 6.45) is 0. The molecule has 27 heavy (non-hydrogen) atoms. The number of halogens is 3. The zero-order chi connectivity index (χ0) is 19.4. The smallest absolute Gasteiger partial charge is 0.196 e. The molecule has 0 aliphatic carbocycles. The molecule has 8 heteroatoms. The minimum atomic E-state index is -1.55. The maximum Gasteiger partial charge on any atom is 0.196 e. The van der Waals surface area contributed by atoms with Gasteiger partial charge in [-0.15, -0.1) is 0 Å². The average Bonchev–Trinajstić information content (AvgIpc) is 2.64. The topological polar surface area (TPSA) is 59.1 Å². The van der Waals surface area contributed by atoms with Gasteiger partial charge in [0.05, 0.1) is 18.0 Å². The molecule has 2 N–H and O–H groups in total. The van der Waals surface area contributed by atoms with Crippen LogP contribution in [0.4, 0.5) is 36.2 Å². The number of benzene rings is 2. The van der Waals surface area contributed by atoms with Gasteiger partial charge in [-0.25, -0.2) is 23.1 Å². The van der Waals surface area contributed by atoms with E-state index in [0.29, 0.717) is 29.7 Å². The van der Waals surface area contributed by atoms with Crippen molar-refractivity contribution >= 4 is 23.0 Å². The number of hydrogen-bond donors (Lipinski definition) is 2. The Bertz CT molecular complexity index is 966.